The van der Waals surface area contributed by atoms with E-state index in [9.17, 15) is 0 Å². The quantitative estimate of drug-likeness (QED) is 0.320. The third-order valence-electron chi connectivity index (χ3n) is 7.07. The van der Waals surface area contributed by atoms with E-state index in [-0.39, 0.29) is 5.41 Å². The van der Waals surface area contributed by atoms with Crippen LogP contribution in [-0.4, -0.2) is 0 Å². The Labute approximate surface area is 180 Å². The average Bonchev–Trinajstić information content (AvgIpc) is 3.04. The van der Waals surface area contributed by atoms with Crippen molar-refractivity contribution < 1.29 is 0 Å². The summed E-state index contributed by atoms with van der Waals surface area (Å²) in [6.07, 6.45) is 4.82. The average molecular weight is 391 g/mol. The summed E-state index contributed by atoms with van der Waals surface area (Å²) in [6, 6.07) is 29.7. The fraction of sp³-hybridized carbons (Fsp3) is 0.267. The van der Waals surface area contributed by atoms with Gasteiger partial charge in [0.15, 0.2) is 0 Å². The van der Waals surface area contributed by atoms with E-state index in [0.29, 0.717) is 0 Å². The van der Waals surface area contributed by atoms with Crippen LogP contribution in [0.25, 0.3) is 33.0 Å². The second-order valence-corrected chi connectivity index (χ2v) is 8.86. The predicted molar refractivity (Wildman–Crippen MR) is 130 cm³/mol. The van der Waals surface area contributed by atoms with Crippen molar-refractivity contribution in [3.8, 4) is 22.3 Å². The molecule has 0 heteroatoms. The molecule has 0 spiro atoms. The zero-order valence-electron chi connectivity index (χ0n) is 18.3. The molecule has 1 aliphatic rings. The van der Waals surface area contributed by atoms with Crippen LogP contribution in [0.5, 0.6) is 0 Å². The first kappa shape index (κ1) is 19.1. The summed E-state index contributed by atoms with van der Waals surface area (Å²) in [5, 5.41) is 2.71. The first-order valence-corrected chi connectivity index (χ1v) is 11.4. The summed E-state index contributed by atoms with van der Waals surface area (Å²) >= 11 is 0. The summed E-state index contributed by atoms with van der Waals surface area (Å²) in [6.45, 7) is 6.86. The molecule has 5 rings (SSSR count). The van der Waals surface area contributed by atoms with Crippen LogP contribution in [0, 0.1) is 6.92 Å². The molecule has 0 atom stereocenters. The molecule has 0 nitrogen and oxygen atoms in total. The highest BCUT2D eigenvalue weighted by molar-refractivity contribution is 5.99. The van der Waals surface area contributed by atoms with E-state index in [2.05, 4.69) is 99.6 Å². The van der Waals surface area contributed by atoms with Crippen molar-refractivity contribution in [3.63, 3.8) is 0 Å². The molecule has 0 unspecified atom stereocenters. The van der Waals surface area contributed by atoms with Gasteiger partial charge in [0, 0.05) is 5.41 Å². The predicted octanol–water partition coefficient (Wildman–Crippen LogP) is 8.68. The van der Waals surface area contributed by atoms with Crippen molar-refractivity contribution in [1.29, 1.82) is 0 Å². The first-order valence-electron chi connectivity index (χ1n) is 11.4. The summed E-state index contributed by atoms with van der Waals surface area (Å²) < 4.78 is 0. The van der Waals surface area contributed by atoms with E-state index in [4.69, 9.17) is 0 Å². The van der Waals surface area contributed by atoms with Crippen molar-refractivity contribution in [2.24, 2.45) is 0 Å². The van der Waals surface area contributed by atoms with E-state index in [1.54, 1.807) is 0 Å². The van der Waals surface area contributed by atoms with Gasteiger partial charge in [-0.1, -0.05) is 99.5 Å². The molecule has 0 aromatic heterocycles. The van der Waals surface area contributed by atoms with Gasteiger partial charge in [-0.2, -0.15) is 0 Å². The lowest BCUT2D eigenvalue weighted by atomic mass is 9.71. The minimum Gasteiger partial charge on any atom is -0.0653 e. The minimum absolute atomic E-state index is 0.145. The van der Waals surface area contributed by atoms with Gasteiger partial charge in [0.05, 0.1) is 0 Å². The zero-order chi connectivity index (χ0) is 20.7. The van der Waals surface area contributed by atoms with Crippen molar-refractivity contribution >= 4 is 10.8 Å². The van der Waals surface area contributed by atoms with Crippen LogP contribution in [-0.2, 0) is 5.41 Å². The van der Waals surface area contributed by atoms with Gasteiger partial charge >= 0.3 is 0 Å². The molecule has 0 heterocycles. The number of hydrogen-bond acceptors (Lipinski definition) is 0. The molecule has 30 heavy (non-hydrogen) atoms. The maximum absolute atomic E-state index is 2.51. The standard InChI is InChI=1S/C30H30/c1-4-18-30(19-5-2)28-13-9-8-12-26(28)27-17-15-22(20-29(27)30)24-16-14-21(3)23-10-6-7-11-25(23)24/h6-17,20H,4-5,18-19H2,1-3H3. The fourth-order valence-corrected chi connectivity index (χ4v) is 5.84. The van der Waals surface area contributed by atoms with Gasteiger partial charge in [-0.05, 0) is 75.5 Å². The third-order valence-corrected chi connectivity index (χ3v) is 7.07. The normalized spacial score (nSPS) is 14.0. The Morgan fingerprint density at radius 1 is 0.600 bits per heavy atom. The van der Waals surface area contributed by atoms with Gasteiger partial charge in [-0.3, -0.25) is 0 Å². The van der Waals surface area contributed by atoms with Crippen LogP contribution in [0.4, 0.5) is 0 Å². The smallest absolute Gasteiger partial charge is 0.0215 e. The van der Waals surface area contributed by atoms with Crippen LogP contribution in [0.2, 0.25) is 0 Å². The molecule has 4 aromatic rings. The van der Waals surface area contributed by atoms with Gasteiger partial charge in [0.25, 0.3) is 0 Å². The summed E-state index contributed by atoms with van der Waals surface area (Å²) in [5.41, 5.74) is 10.1. The molecule has 0 saturated heterocycles. The molecule has 0 fully saturated rings. The van der Waals surface area contributed by atoms with Gasteiger partial charge in [-0.25, -0.2) is 0 Å². The second-order valence-electron chi connectivity index (χ2n) is 8.86. The Kier molecular flexibility index (Phi) is 4.74. The largest absolute Gasteiger partial charge is 0.0653 e. The highest BCUT2D eigenvalue weighted by Gasteiger charge is 2.41. The molecule has 4 aromatic carbocycles. The molecule has 150 valence electrons. The van der Waals surface area contributed by atoms with Crippen LogP contribution >= 0.6 is 0 Å². The summed E-state index contributed by atoms with van der Waals surface area (Å²) in [4.78, 5) is 0. The molecule has 0 amide bonds. The zero-order valence-corrected chi connectivity index (χ0v) is 18.3. The topological polar surface area (TPSA) is 0 Å². The van der Waals surface area contributed by atoms with E-state index in [0.717, 1.165) is 0 Å². The van der Waals surface area contributed by atoms with Gasteiger partial charge in [0.1, 0.15) is 0 Å². The van der Waals surface area contributed by atoms with Crippen molar-refractivity contribution in [1.82, 2.24) is 0 Å². The Bertz CT molecular complexity index is 1220. The number of benzene rings is 4. The molecule has 0 aliphatic heterocycles. The van der Waals surface area contributed by atoms with E-state index < -0.39 is 0 Å². The monoisotopic (exact) mass is 390 g/mol. The van der Waals surface area contributed by atoms with E-state index >= 15 is 0 Å². The molecule has 0 radical (unpaired) electrons. The van der Waals surface area contributed by atoms with Crippen molar-refractivity contribution in [2.45, 2.75) is 51.9 Å². The van der Waals surface area contributed by atoms with Gasteiger partial charge in [0.2, 0.25) is 0 Å². The SMILES string of the molecule is CCCC1(CCC)c2ccccc2-c2ccc(-c3ccc(C)c4ccccc34)cc21. The highest BCUT2D eigenvalue weighted by atomic mass is 14.4. The van der Waals surface area contributed by atoms with Crippen LogP contribution in [0.15, 0.2) is 78.9 Å². The molecule has 0 bridgehead atoms. The van der Waals surface area contributed by atoms with Crippen LogP contribution in [0.3, 0.4) is 0 Å². The summed E-state index contributed by atoms with van der Waals surface area (Å²) in [5.74, 6) is 0. The Morgan fingerprint density at radius 2 is 1.23 bits per heavy atom. The molecule has 1 aliphatic carbocycles. The number of hydrogen-bond donors (Lipinski definition) is 0. The molecule has 0 saturated carbocycles. The molecular weight excluding hydrogens is 360 g/mol. The number of rotatable bonds is 5. The van der Waals surface area contributed by atoms with Gasteiger partial charge in [-0.15, -0.1) is 0 Å². The Hall–Kier alpha value is -2.86. The van der Waals surface area contributed by atoms with E-state index in [1.165, 1.54) is 75.4 Å². The lowest BCUT2D eigenvalue weighted by Crippen LogP contribution is -2.25. The van der Waals surface area contributed by atoms with Crippen molar-refractivity contribution in [3.05, 3.63) is 95.6 Å². The number of aryl methyl sites for hydroxylation is 1. The Balaban J connectivity index is 1.77. The third kappa shape index (κ3) is 2.74. The van der Waals surface area contributed by atoms with Gasteiger partial charge < -0.3 is 0 Å². The molecule has 0 N–H and O–H groups in total. The van der Waals surface area contributed by atoms with E-state index in [1.807, 2.05) is 0 Å². The first-order chi connectivity index (χ1) is 14.7. The number of fused-ring (bicyclic) bond motifs is 4. The lowest BCUT2D eigenvalue weighted by Gasteiger charge is -2.32. The van der Waals surface area contributed by atoms with Crippen molar-refractivity contribution in [2.75, 3.05) is 0 Å². The minimum atomic E-state index is 0.145. The lowest BCUT2D eigenvalue weighted by molar-refractivity contribution is 0.436. The maximum Gasteiger partial charge on any atom is 0.0215 e. The fourth-order valence-electron chi connectivity index (χ4n) is 5.84. The second kappa shape index (κ2) is 7.43. The highest BCUT2D eigenvalue weighted by Crippen LogP contribution is 2.54. The van der Waals surface area contributed by atoms with Crippen LogP contribution in [0.1, 0.15) is 56.2 Å². The maximum atomic E-state index is 2.51. The van der Waals surface area contributed by atoms with Crippen LogP contribution < -0.4 is 0 Å². The summed E-state index contributed by atoms with van der Waals surface area (Å²) in [7, 11) is 0. The molecular formula is C30H30. The Morgan fingerprint density at radius 3 is 2.00 bits per heavy atom.